The van der Waals surface area contributed by atoms with Crippen LogP contribution in [0, 0.1) is 0 Å². The van der Waals surface area contributed by atoms with Crippen molar-refractivity contribution < 1.29 is 9.59 Å². The number of para-hydroxylation sites is 1. The normalized spacial score (nSPS) is 12.6. The summed E-state index contributed by atoms with van der Waals surface area (Å²) in [5, 5.41) is 3.48. The average molecular weight is 472 g/mol. The van der Waals surface area contributed by atoms with Crippen LogP contribution in [-0.2, 0) is 0 Å². The molecule has 0 fully saturated rings. The molecule has 0 saturated carbocycles. The van der Waals surface area contributed by atoms with Gasteiger partial charge in [-0.05, 0) is 12.1 Å². The van der Waals surface area contributed by atoms with Gasteiger partial charge in [0.15, 0.2) is 11.6 Å². The molecule has 1 aliphatic rings. The van der Waals surface area contributed by atoms with Crippen LogP contribution in [0.15, 0.2) is 42.5 Å². The summed E-state index contributed by atoms with van der Waals surface area (Å²) in [4.78, 5) is 26.0. The molecule has 1 N–H and O–H groups in total. The number of carbonyl (C=O) groups is 2. The van der Waals surface area contributed by atoms with Crippen molar-refractivity contribution >= 4 is 80.9 Å². The minimum Gasteiger partial charge on any atom is -0.351 e. The number of fused-ring (bicyclic) bond motifs is 2. The van der Waals surface area contributed by atoms with Crippen molar-refractivity contribution in [2.45, 2.75) is 0 Å². The van der Waals surface area contributed by atoms with E-state index in [-0.39, 0.29) is 43.0 Å². The lowest BCUT2D eigenvalue weighted by Gasteiger charge is -2.23. The highest BCUT2D eigenvalue weighted by Gasteiger charge is 2.36. The van der Waals surface area contributed by atoms with E-state index in [1.54, 1.807) is 42.5 Å². The molecule has 3 nitrogen and oxygen atoms in total. The third-order valence-corrected chi connectivity index (χ3v) is 6.26. The van der Waals surface area contributed by atoms with Crippen LogP contribution in [0.4, 0.5) is 11.4 Å². The van der Waals surface area contributed by atoms with Crippen molar-refractivity contribution in [3.63, 3.8) is 0 Å². The Labute approximate surface area is 185 Å². The minimum atomic E-state index is -0.415. The van der Waals surface area contributed by atoms with Crippen molar-refractivity contribution in [3.05, 3.63) is 89.8 Å². The summed E-state index contributed by atoms with van der Waals surface area (Å²) in [5.74, 6) is -0.830. The van der Waals surface area contributed by atoms with Gasteiger partial charge in [0.2, 0.25) is 0 Å². The third-order valence-electron chi connectivity index (χ3n) is 4.40. The predicted octanol–water partition coefficient (Wildman–Crippen LogP) is 7.47. The van der Waals surface area contributed by atoms with Crippen molar-refractivity contribution in [3.8, 4) is 0 Å². The van der Waals surface area contributed by atoms with E-state index < -0.39 is 11.6 Å². The molecule has 1 aliphatic carbocycles. The van der Waals surface area contributed by atoms with E-state index in [0.29, 0.717) is 15.7 Å². The Balaban J connectivity index is 1.97. The highest BCUT2D eigenvalue weighted by atomic mass is 35.5. The fourth-order valence-corrected chi connectivity index (χ4v) is 4.46. The molecule has 3 aromatic carbocycles. The topological polar surface area (TPSA) is 46.2 Å². The van der Waals surface area contributed by atoms with E-state index in [0.717, 1.165) is 0 Å². The number of rotatable bonds is 2. The molecule has 0 radical (unpaired) electrons. The van der Waals surface area contributed by atoms with Crippen LogP contribution in [0.5, 0.6) is 0 Å². The van der Waals surface area contributed by atoms with Crippen molar-refractivity contribution in [1.29, 1.82) is 0 Å². The van der Waals surface area contributed by atoms with Gasteiger partial charge in [-0.3, -0.25) is 9.59 Å². The van der Waals surface area contributed by atoms with Crippen molar-refractivity contribution in [1.82, 2.24) is 0 Å². The van der Waals surface area contributed by atoms with Crippen LogP contribution < -0.4 is 5.32 Å². The molecule has 4 rings (SSSR count). The fraction of sp³-hybridized carbons (Fsp3) is 0. The van der Waals surface area contributed by atoms with Gasteiger partial charge in [0.25, 0.3) is 0 Å². The minimum absolute atomic E-state index is 0.00885. The van der Waals surface area contributed by atoms with Gasteiger partial charge in [0, 0.05) is 11.1 Å². The van der Waals surface area contributed by atoms with E-state index >= 15 is 0 Å². The Morgan fingerprint density at radius 1 is 0.571 bits per heavy atom. The first-order valence-corrected chi connectivity index (χ1v) is 9.81. The van der Waals surface area contributed by atoms with Gasteiger partial charge in [-0.1, -0.05) is 88.3 Å². The Morgan fingerprint density at radius 3 is 1.61 bits per heavy atom. The fourth-order valence-electron chi connectivity index (χ4n) is 3.09. The lowest BCUT2D eigenvalue weighted by molar-refractivity contribution is 0.0979. The molecular formula is C20H8Cl5NO2. The van der Waals surface area contributed by atoms with Gasteiger partial charge in [0.1, 0.15) is 0 Å². The van der Waals surface area contributed by atoms with E-state index in [1.807, 2.05) is 0 Å². The number of halogens is 5. The molecule has 140 valence electrons. The van der Waals surface area contributed by atoms with Crippen molar-refractivity contribution in [2.24, 2.45) is 0 Å². The van der Waals surface area contributed by atoms with Gasteiger partial charge >= 0.3 is 0 Å². The number of hydrogen-bond donors (Lipinski definition) is 1. The molecule has 0 spiro atoms. The Hall–Kier alpha value is -1.75. The molecule has 0 aliphatic heterocycles. The van der Waals surface area contributed by atoms with Gasteiger partial charge in [-0.15, -0.1) is 0 Å². The van der Waals surface area contributed by atoms with Crippen LogP contribution in [0.25, 0.3) is 0 Å². The quantitative estimate of drug-likeness (QED) is 0.308. The maximum atomic E-state index is 13.1. The number of anilines is 2. The maximum Gasteiger partial charge on any atom is 0.196 e. The molecule has 3 aromatic rings. The second-order valence-electron chi connectivity index (χ2n) is 5.99. The highest BCUT2D eigenvalue weighted by molar-refractivity contribution is 6.51. The van der Waals surface area contributed by atoms with Gasteiger partial charge in [-0.25, -0.2) is 0 Å². The number of hydrogen-bond acceptors (Lipinski definition) is 3. The molecule has 0 amide bonds. The number of ketones is 2. The molecule has 28 heavy (non-hydrogen) atoms. The zero-order valence-corrected chi connectivity index (χ0v) is 17.5. The number of carbonyl (C=O) groups excluding carboxylic acids is 2. The maximum absolute atomic E-state index is 13.1. The number of benzene rings is 3. The molecular weight excluding hydrogens is 463 g/mol. The van der Waals surface area contributed by atoms with Gasteiger partial charge in [-0.2, -0.15) is 0 Å². The molecule has 0 atom stereocenters. The Morgan fingerprint density at radius 2 is 1.07 bits per heavy atom. The van der Waals surface area contributed by atoms with Crippen LogP contribution in [-0.4, -0.2) is 11.6 Å². The SMILES string of the molecule is O=C1c2ccccc2C(=O)c2c(Cl)c(Nc3c(Cl)cccc3Cl)c(Cl)c(Cl)c21. The molecule has 0 unspecified atom stereocenters. The van der Waals surface area contributed by atoms with E-state index in [9.17, 15) is 9.59 Å². The Bertz CT molecular complexity index is 1170. The smallest absolute Gasteiger partial charge is 0.196 e. The average Bonchev–Trinajstić information content (AvgIpc) is 2.68. The first-order chi connectivity index (χ1) is 13.3. The largest absolute Gasteiger partial charge is 0.351 e. The zero-order chi connectivity index (χ0) is 20.2. The zero-order valence-electron chi connectivity index (χ0n) is 13.7. The summed E-state index contributed by atoms with van der Waals surface area (Å²) in [5.41, 5.74) is 0.968. The molecule has 0 aromatic heterocycles. The van der Waals surface area contributed by atoms with Crippen LogP contribution >= 0.6 is 58.0 Å². The van der Waals surface area contributed by atoms with Crippen LogP contribution in [0.2, 0.25) is 25.1 Å². The highest BCUT2D eigenvalue weighted by Crippen LogP contribution is 2.47. The second kappa shape index (κ2) is 7.25. The summed E-state index contributed by atoms with van der Waals surface area (Å²) >= 11 is 31.7. The number of nitrogens with one attached hydrogen (secondary N) is 1. The van der Waals surface area contributed by atoms with Gasteiger partial charge < -0.3 is 5.32 Å². The summed E-state index contributed by atoms with van der Waals surface area (Å²) in [6.07, 6.45) is 0. The first-order valence-electron chi connectivity index (χ1n) is 7.92. The lowest BCUT2D eigenvalue weighted by atomic mass is 9.83. The summed E-state index contributed by atoms with van der Waals surface area (Å²) in [6.45, 7) is 0. The second-order valence-corrected chi connectivity index (χ2v) is 7.94. The van der Waals surface area contributed by atoms with Crippen LogP contribution in [0.3, 0.4) is 0 Å². The van der Waals surface area contributed by atoms with Crippen LogP contribution in [0.1, 0.15) is 31.8 Å². The van der Waals surface area contributed by atoms with E-state index in [1.165, 1.54) is 0 Å². The summed E-state index contributed by atoms with van der Waals surface area (Å²) in [6, 6.07) is 11.4. The van der Waals surface area contributed by atoms with E-state index in [2.05, 4.69) is 5.32 Å². The lowest BCUT2D eigenvalue weighted by Crippen LogP contribution is -2.22. The van der Waals surface area contributed by atoms with Gasteiger partial charge in [0.05, 0.1) is 47.6 Å². The third kappa shape index (κ3) is 2.90. The first kappa shape index (κ1) is 19.6. The summed E-state index contributed by atoms with van der Waals surface area (Å²) in [7, 11) is 0. The molecule has 0 saturated heterocycles. The van der Waals surface area contributed by atoms with Crippen molar-refractivity contribution in [2.75, 3.05) is 5.32 Å². The molecule has 8 heteroatoms. The Kier molecular flexibility index (Phi) is 5.07. The standard InChI is InChI=1S/C20H8Cl5NO2/c21-10-6-3-7-11(22)17(10)26-18-15(24)13-12(14(23)16(18)25)19(27)8-4-1-2-5-9(8)20(13)28/h1-7,26H. The molecule has 0 bridgehead atoms. The monoisotopic (exact) mass is 469 g/mol. The summed E-state index contributed by atoms with van der Waals surface area (Å²) < 4.78 is 0. The predicted molar refractivity (Wildman–Crippen MR) is 115 cm³/mol. The molecule has 0 heterocycles. The van der Waals surface area contributed by atoms with E-state index in [4.69, 9.17) is 58.0 Å².